The Morgan fingerprint density at radius 3 is 2.77 bits per heavy atom. The first-order valence-corrected chi connectivity index (χ1v) is 7.38. The zero-order valence-corrected chi connectivity index (χ0v) is 12.5. The molecule has 1 aliphatic rings. The van der Waals surface area contributed by atoms with Crippen LogP contribution in [0.5, 0.6) is 0 Å². The second-order valence-electron chi connectivity index (χ2n) is 6.02. The fourth-order valence-corrected chi connectivity index (χ4v) is 2.67. The summed E-state index contributed by atoms with van der Waals surface area (Å²) in [6, 6.07) is 11.2. The highest BCUT2D eigenvalue weighted by Crippen LogP contribution is 2.31. The summed E-state index contributed by atoms with van der Waals surface area (Å²) in [6.45, 7) is 2.07. The van der Waals surface area contributed by atoms with Crippen LogP contribution in [0.4, 0.5) is 0 Å². The van der Waals surface area contributed by atoms with Gasteiger partial charge in [0.15, 0.2) is 0 Å². The zero-order valence-electron chi connectivity index (χ0n) is 12.5. The van der Waals surface area contributed by atoms with Gasteiger partial charge >= 0.3 is 0 Å². The zero-order chi connectivity index (χ0) is 15.6. The van der Waals surface area contributed by atoms with E-state index in [1.165, 1.54) is 0 Å². The number of carbonyl (C=O) groups excluding carboxylic acids is 1. The second kappa shape index (κ2) is 5.61. The minimum absolute atomic E-state index is 0.0756. The molecule has 22 heavy (non-hydrogen) atoms. The van der Waals surface area contributed by atoms with Gasteiger partial charge in [0.1, 0.15) is 0 Å². The van der Waals surface area contributed by atoms with E-state index in [2.05, 4.69) is 23.3 Å². The number of hydrogen-bond donors (Lipinski definition) is 1. The van der Waals surface area contributed by atoms with Crippen LogP contribution < -0.4 is 5.32 Å². The maximum Gasteiger partial charge on any atom is 0.253 e. The van der Waals surface area contributed by atoms with E-state index in [9.17, 15) is 4.79 Å². The van der Waals surface area contributed by atoms with Crippen molar-refractivity contribution < 1.29 is 4.79 Å². The molecule has 0 atom stereocenters. The number of nitriles is 1. The monoisotopic (exact) mass is 291 g/mol. The van der Waals surface area contributed by atoms with Crippen molar-refractivity contribution in [1.82, 2.24) is 10.3 Å². The number of pyridine rings is 1. The van der Waals surface area contributed by atoms with Crippen molar-refractivity contribution in [2.45, 2.75) is 31.7 Å². The summed E-state index contributed by atoms with van der Waals surface area (Å²) in [5, 5.41) is 12.1. The molecule has 0 radical (unpaired) electrons. The SMILES string of the molecule is CC1(NC(=O)c2cncc(-c3cccc(C#N)c3)c2)CCC1. The first kappa shape index (κ1) is 14.3. The number of nitrogens with one attached hydrogen (secondary N) is 1. The van der Waals surface area contributed by atoms with Gasteiger partial charge in [-0.2, -0.15) is 5.26 Å². The summed E-state index contributed by atoms with van der Waals surface area (Å²) in [4.78, 5) is 16.5. The summed E-state index contributed by atoms with van der Waals surface area (Å²) in [6.07, 6.45) is 6.50. The van der Waals surface area contributed by atoms with E-state index in [4.69, 9.17) is 5.26 Å². The van der Waals surface area contributed by atoms with Gasteiger partial charge in [0.25, 0.3) is 5.91 Å². The second-order valence-corrected chi connectivity index (χ2v) is 6.02. The Morgan fingerprint density at radius 1 is 1.27 bits per heavy atom. The number of aromatic nitrogens is 1. The molecule has 0 bridgehead atoms. The Morgan fingerprint density at radius 2 is 2.09 bits per heavy atom. The van der Waals surface area contributed by atoms with Crippen molar-refractivity contribution in [1.29, 1.82) is 5.26 Å². The van der Waals surface area contributed by atoms with E-state index in [-0.39, 0.29) is 11.4 Å². The van der Waals surface area contributed by atoms with E-state index < -0.39 is 0 Å². The lowest BCUT2D eigenvalue weighted by atomic mass is 9.78. The summed E-state index contributed by atoms with van der Waals surface area (Å²) in [5.41, 5.74) is 2.79. The molecule has 0 unspecified atom stereocenters. The van der Waals surface area contributed by atoms with Crippen LogP contribution in [0.2, 0.25) is 0 Å². The lowest BCUT2D eigenvalue weighted by Gasteiger charge is -2.39. The number of amides is 1. The van der Waals surface area contributed by atoms with Crippen molar-refractivity contribution in [3.8, 4) is 17.2 Å². The molecule has 4 nitrogen and oxygen atoms in total. The van der Waals surface area contributed by atoms with E-state index >= 15 is 0 Å². The van der Waals surface area contributed by atoms with Crippen LogP contribution >= 0.6 is 0 Å². The Labute approximate surface area is 129 Å². The summed E-state index contributed by atoms with van der Waals surface area (Å²) in [7, 11) is 0. The molecule has 0 aliphatic heterocycles. The minimum atomic E-state index is -0.0898. The van der Waals surface area contributed by atoms with Crippen LogP contribution in [-0.2, 0) is 0 Å². The van der Waals surface area contributed by atoms with E-state index in [0.717, 1.165) is 30.4 Å². The molecule has 2 aromatic rings. The van der Waals surface area contributed by atoms with Gasteiger partial charge in [-0.3, -0.25) is 9.78 Å². The van der Waals surface area contributed by atoms with Gasteiger partial charge in [-0.1, -0.05) is 12.1 Å². The van der Waals surface area contributed by atoms with Gasteiger partial charge in [-0.15, -0.1) is 0 Å². The third kappa shape index (κ3) is 2.84. The predicted molar refractivity (Wildman–Crippen MR) is 84.1 cm³/mol. The van der Waals surface area contributed by atoms with Crippen molar-refractivity contribution in [3.63, 3.8) is 0 Å². The molecule has 1 aliphatic carbocycles. The highest BCUT2D eigenvalue weighted by molar-refractivity contribution is 5.95. The van der Waals surface area contributed by atoms with Gasteiger partial charge in [0.05, 0.1) is 17.2 Å². The molecular formula is C18H17N3O. The predicted octanol–water partition coefficient (Wildman–Crippen LogP) is 3.29. The fraction of sp³-hybridized carbons (Fsp3) is 0.278. The van der Waals surface area contributed by atoms with Crippen molar-refractivity contribution in [2.24, 2.45) is 0 Å². The van der Waals surface area contributed by atoms with Crippen LogP contribution in [0, 0.1) is 11.3 Å². The van der Waals surface area contributed by atoms with E-state index in [1.54, 1.807) is 24.5 Å². The Bertz CT molecular complexity index is 757. The smallest absolute Gasteiger partial charge is 0.253 e. The standard InChI is InChI=1S/C18H17N3O/c1-18(6-3-7-18)21-17(22)16-9-15(11-20-12-16)14-5-2-4-13(8-14)10-19/h2,4-5,8-9,11-12H,3,6-7H2,1H3,(H,21,22). The molecular weight excluding hydrogens is 274 g/mol. The van der Waals surface area contributed by atoms with E-state index in [1.807, 2.05) is 18.2 Å². The van der Waals surface area contributed by atoms with Crippen LogP contribution in [0.3, 0.4) is 0 Å². The lowest BCUT2D eigenvalue weighted by Crippen LogP contribution is -2.50. The lowest BCUT2D eigenvalue weighted by molar-refractivity contribution is 0.0850. The summed E-state index contributed by atoms with van der Waals surface area (Å²) >= 11 is 0. The maximum atomic E-state index is 12.4. The molecule has 1 aromatic heterocycles. The van der Waals surface area contributed by atoms with Crippen LogP contribution in [0.1, 0.15) is 42.1 Å². The van der Waals surface area contributed by atoms with Crippen molar-refractivity contribution in [3.05, 3.63) is 53.9 Å². The van der Waals surface area contributed by atoms with Crippen LogP contribution in [0.15, 0.2) is 42.7 Å². The molecule has 0 saturated heterocycles. The average molecular weight is 291 g/mol. The molecule has 1 heterocycles. The van der Waals surface area contributed by atoms with Gasteiger partial charge in [0.2, 0.25) is 0 Å². The molecule has 4 heteroatoms. The molecule has 3 rings (SSSR count). The Balaban J connectivity index is 1.86. The summed E-state index contributed by atoms with van der Waals surface area (Å²) in [5.74, 6) is -0.0898. The molecule has 1 aromatic carbocycles. The first-order valence-electron chi connectivity index (χ1n) is 7.38. The largest absolute Gasteiger partial charge is 0.347 e. The number of nitrogens with zero attached hydrogens (tertiary/aromatic N) is 2. The van der Waals surface area contributed by atoms with Crippen LogP contribution in [-0.4, -0.2) is 16.4 Å². The number of carbonyl (C=O) groups is 1. The van der Waals surface area contributed by atoms with Crippen LogP contribution in [0.25, 0.3) is 11.1 Å². The molecule has 1 fully saturated rings. The molecule has 110 valence electrons. The maximum absolute atomic E-state index is 12.4. The highest BCUT2D eigenvalue weighted by Gasteiger charge is 2.33. The van der Waals surface area contributed by atoms with Gasteiger partial charge in [0, 0.05) is 23.5 Å². The topological polar surface area (TPSA) is 65.8 Å². The highest BCUT2D eigenvalue weighted by atomic mass is 16.1. The number of benzene rings is 1. The molecule has 1 amide bonds. The quantitative estimate of drug-likeness (QED) is 0.943. The first-order chi connectivity index (χ1) is 10.6. The number of hydrogen-bond acceptors (Lipinski definition) is 3. The third-order valence-electron chi connectivity index (χ3n) is 4.20. The van der Waals surface area contributed by atoms with Crippen molar-refractivity contribution >= 4 is 5.91 Å². The summed E-state index contributed by atoms with van der Waals surface area (Å²) < 4.78 is 0. The molecule has 0 spiro atoms. The normalized spacial score (nSPS) is 15.5. The van der Waals surface area contributed by atoms with Gasteiger partial charge < -0.3 is 5.32 Å². The third-order valence-corrected chi connectivity index (χ3v) is 4.20. The number of rotatable bonds is 3. The minimum Gasteiger partial charge on any atom is -0.347 e. The Hall–Kier alpha value is -2.67. The molecule has 1 saturated carbocycles. The Kier molecular flexibility index (Phi) is 3.64. The molecule has 1 N–H and O–H groups in total. The van der Waals surface area contributed by atoms with Crippen molar-refractivity contribution in [2.75, 3.05) is 0 Å². The average Bonchev–Trinajstić information content (AvgIpc) is 2.53. The van der Waals surface area contributed by atoms with E-state index in [0.29, 0.717) is 11.1 Å². The van der Waals surface area contributed by atoms with Gasteiger partial charge in [-0.25, -0.2) is 0 Å². The fourth-order valence-electron chi connectivity index (χ4n) is 2.67. The van der Waals surface area contributed by atoms with Gasteiger partial charge in [-0.05, 0) is 49.9 Å².